The summed E-state index contributed by atoms with van der Waals surface area (Å²) < 4.78 is 7.78. The molecule has 0 N–H and O–H groups in total. The van der Waals surface area contributed by atoms with E-state index in [1.807, 2.05) is 25.1 Å². The summed E-state index contributed by atoms with van der Waals surface area (Å²) in [7, 11) is 0. The van der Waals surface area contributed by atoms with E-state index in [0.29, 0.717) is 12.4 Å². The molecule has 0 fully saturated rings. The number of alkyl halides is 1. The number of imidazole rings is 1. The van der Waals surface area contributed by atoms with E-state index < -0.39 is 0 Å². The second-order valence-corrected chi connectivity index (χ2v) is 4.81. The monoisotopic (exact) mass is 275 g/mol. The molecule has 0 unspecified atom stereocenters. The number of hydrogen-bond acceptors (Lipinski definition) is 3. The van der Waals surface area contributed by atoms with Gasteiger partial charge in [0.05, 0.1) is 18.3 Å². The van der Waals surface area contributed by atoms with Crippen LogP contribution >= 0.6 is 11.6 Å². The van der Waals surface area contributed by atoms with Gasteiger partial charge in [-0.05, 0) is 25.1 Å². The molecule has 0 aliphatic heterocycles. The van der Waals surface area contributed by atoms with Gasteiger partial charge in [-0.1, -0.05) is 0 Å². The second-order valence-electron chi connectivity index (χ2n) is 4.43. The largest absolute Gasteiger partial charge is 0.464 e. The molecule has 0 radical (unpaired) electrons. The summed E-state index contributed by atoms with van der Waals surface area (Å²) in [5.74, 6) is 3.35. The van der Waals surface area contributed by atoms with E-state index in [9.17, 15) is 0 Å². The Balaban J connectivity index is 2.06. The highest BCUT2D eigenvalue weighted by Crippen LogP contribution is 2.18. The molecule has 4 nitrogen and oxygen atoms in total. The normalized spacial score (nSPS) is 11.3. The van der Waals surface area contributed by atoms with Gasteiger partial charge in [0.15, 0.2) is 0 Å². The number of halogens is 1. The summed E-state index contributed by atoms with van der Waals surface area (Å²) in [5, 5.41) is 0. The van der Waals surface area contributed by atoms with Gasteiger partial charge in [0.25, 0.3) is 0 Å². The van der Waals surface area contributed by atoms with E-state index in [0.717, 1.165) is 34.8 Å². The third-order valence-corrected chi connectivity index (χ3v) is 3.25. The Morgan fingerprint density at radius 1 is 1.32 bits per heavy atom. The molecule has 0 atom stereocenters. The fraction of sp³-hybridized carbons (Fsp3) is 0.286. The Morgan fingerprint density at radius 2 is 2.21 bits per heavy atom. The summed E-state index contributed by atoms with van der Waals surface area (Å²) in [6.45, 7) is 2.61. The number of rotatable bonds is 4. The summed E-state index contributed by atoms with van der Waals surface area (Å²) >= 11 is 5.85. The van der Waals surface area contributed by atoms with Crippen molar-refractivity contribution in [3.05, 3.63) is 47.9 Å². The van der Waals surface area contributed by atoms with Crippen LogP contribution in [-0.2, 0) is 13.0 Å². The van der Waals surface area contributed by atoms with E-state index in [2.05, 4.69) is 14.5 Å². The van der Waals surface area contributed by atoms with Gasteiger partial charge < -0.3 is 8.98 Å². The Morgan fingerprint density at radius 3 is 2.95 bits per heavy atom. The molecule has 19 heavy (non-hydrogen) atoms. The molecule has 0 saturated carbocycles. The van der Waals surface area contributed by atoms with E-state index in [1.165, 1.54) is 0 Å². The number of hydrogen-bond donors (Lipinski definition) is 0. The van der Waals surface area contributed by atoms with E-state index in [4.69, 9.17) is 16.0 Å². The van der Waals surface area contributed by atoms with Crippen molar-refractivity contribution in [3.8, 4) is 0 Å². The molecular formula is C14H14ClN3O. The maximum atomic E-state index is 5.85. The highest BCUT2D eigenvalue weighted by molar-refractivity contribution is 6.17. The number of aryl methyl sites for hydroxylation is 2. The van der Waals surface area contributed by atoms with Crippen molar-refractivity contribution >= 4 is 22.6 Å². The molecule has 0 aliphatic rings. The fourth-order valence-electron chi connectivity index (χ4n) is 2.21. The lowest BCUT2D eigenvalue weighted by molar-refractivity contribution is 0.469. The van der Waals surface area contributed by atoms with Crippen molar-refractivity contribution in [1.82, 2.24) is 14.5 Å². The first-order valence-electron chi connectivity index (χ1n) is 6.18. The lowest BCUT2D eigenvalue weighted by Crippen LogP contribution is -2.05. The molecule has 98 valence electrons. The molecule has 0 spiro atoms. The molecule has 3 heterocycles. The summed E-state index contributed by atoms with van der Waals surface area (Å²) in [5.41, 5.74) is 1.95. The molecule has 3 rings (SSSR count). The first-order chi connectivity index (χ1) is 9.28. The lowest BCUT2D eigenvalue weighted by Gasteiger charge is -2.06. The van der Waals surface area contributed by atoms with Crippen LogP contribution in [-0.4, -0.2) is 20.4 Å². The van der Waals surface area contributed by atoms with Crippen LogP contribution in [0.15, 0.2) is 35.0 Å². The van der Waals surface area contributed by atoms with Crippen LogP contribution < -0.4 is 0 Å². The number of nitrogens with zero attached hydrogens (tertiary/aromatic N) is 3. The molecule has 0 amide bonds. The Labute approximate surface area is 116 Å². The quantitative estimate of drug-likeness (QED) is 0.687. The SMILES string of the molecule is Cc1ccc(Cn2c(CCCl)nc3cnccc32)o1. The smallest absolute Gasteiger partial charge is 0.123 e. The van der Waals surface area contributed by atoms with Gasteiger partial charge in [0.2, 0.25) is 0 Å². The van der Waals surface area contributed by atoms with Gasteiger partial charge in [-0.2, -0.15) is 0 Å². The standard InChI is InChI=1S/C14H14ClN3O/c1-10-2-3-11(19-10)9-18-13-5-7-16-8-12(13)17-14(18)4-6-15/h2-3,5,7-8H,4,6,9H2,1H3. The van der Waals surface area contributed by atoms with Crippen molar-refractivity contribution in [2.24, 2.45) is 0 Å². The van der Waals surface area contributed by atoms with Crippen LogP contribution in [0.4, 0.5) is 0 Å². The Bertz CT molecular complexity index is 702. The van der Waals surface area contributed by atoms with Crippen molar-refractivity contribution in [2.45, 2.75) is 19.9 Å². The van der Waals surface area contributed by atoms with E-state index in [1.54, 1.807) is 12.4 Å². The van der Waals surface area contributed by atoms with Crippen LogP contribution in [0.3, 0.4) is 0 Å². The molecular weight excluding hydrogens is 262 g/mol. The highest BCUT2D eigenvalue weighted by Gasteiger charge is 2.12. The minimum atomic E-state index is 0.550. The number of pyridine rings is 1. The van der Waals surface area contributed by atoms with Crippen molar-refractivity contribution in [3.63, 3.8) is 0 Å². The second kappa shape index (κ2) is 5.05. The van der Waals surface area contributed by atoms with E-state index >= 15 is 0 Å². The minimum absolute atomic E-state index is 0.550. The van der Waals surface area contributed by atoms with Crippen LogP contribution in [0.2, 0.25) is 0 Å². The van der Waals surface area contributed by atoms with Crippen molar-refractivity contribution in [1.29, 1.82) is 0 Å². The molecule has 0 aliphatic carbocycles. The van der Waals surface area contributed by atoms with Gasteiger partial charge in [-0.3, -0.25) is 4.98 Å². The predicted octanol–water partition coefficient (Wildman–Crippen LogP) is 3.16. The predicted molar refractivity (Wildman–Crippen MR) is 74.5 cm³/mol. The molecule has 5 heteroatoms. The maximum Gasteiger partial charge on any atom is 0.123 e. The summed E-state index contributed by atoms with van der Waals surface area (Å²) in [6.07, 6.45) is 4.28. The molecule has 0 saturated heterocycles. The molecule has 3 aromatic heterocycles. The van der Waals surface area contributed by atoms with Gasteiger partial charge in [0, 0.05) is 18.5 Å². The Kier molecular flexibility index (Phi) is 3.25. The lowest BCUT2D eigenvalue weighted by atomic mass is 10.3. The topological polar surface area (TPSA) is 43.9 Å². The van der Waals surface area contributed by atoms with Crippen molar-refractivity contribution < 1.29 is 4.42 Å². The zero-order chi connectivity index (χ0) is 13.2. The third kappa shape index (κ3) is 2.36. The van der Waals surface area contributed by atoms with Crippen LogP contribution in [0.5, 0.6) is 0 Å². The molecule has 0 aromatic carbocycles. The van der Waals surface area contributed by atoms with Crippen LogP contribution in [0, 0.1) is 6.92 Å². The Hall–Kier alpha value is -1.81. The van der Waals surface area contributed by atoms with Gasteiger partial charge in [-0.15, -0.1) is 11.6 Å². The van der Waals surface area contributed by atoms with Gasteiger partial charge in [0.1, 0.15) is 22.9 Å². The maximum absolute atomic E-state index is 5.85. The highest BCUT2D eigenvalue weighted by atomic mass is 35.5. The van der Waals surface area contributed by atoms with E-state index in [-0.39, 0.29) is 0 Å². The molecule has 0 bridgehead atoms. The molecule has 3 aromatic rings. The average molecular weight is 276 g/mol. The van der Waals surface area contributed by atoms with Crippen LogP contribution in [0.25, 0.3) is 11.0 Å². The van der Waals surface area contributed by atoms with Gasteiger partial charge in [-0.25, -0.2) is 4.98 Å². The first-order valence-corrected chi connectivity index (χ1v) is 6.72. The number of furan rings is 1. The first kappa shape index (κ1) is 12.2. The number of fused-ring (bicyclic) bond motifs is 1. The van der Waals surface area contributed by atoms with Gasteiger partial charge >= 0.3 is 0 Å². The van der Waals surface area contributed by atoms with Crippen LogP contribution in [0.1, 0.15) is 17.3 Å². The summed E-state index contributed by atoms with van der Waals surface area (Å²) in [6, 6.07) is 5.93. The fourth-order valence-corrected chi connectivity index (χ4v) is 2.38. The third-order valence-electron chi connectivity index (χ3n) is 3.06. The zero-order valence-electron chi connectivity index (χ0n) is 10.6. The zero-order valence-corrected chi connectivity index (χ0v) is 11.4. The number of aromatic nitrogens is 3. The average Bonchev–Trinajstić information content (AvgIpc) is 2.96. The minimum Gasteiger partial charge on any atom is -0.464 e. The summed E-state index contributed by atoms with van der Waals surface area (Å²) in [4.78, 5) is 8.69. The van der Waals surface area contributed by atoms with Crippen molar-refractivity contribution in [2.75, 3.05) is 5.88 Å².